The molecular weight excluding hydrogens is 494 g/mol. The van der Waals surface area contributed by atoms with E-state index in [0.717, 1.165) is 0 Å². The van der Waals surface area contributed by atoms with Gasteiger partial charge in [-0.15, -0.1) is 0 Å². The third kappa shape index (κ3) is 7.13. The minimum Gasteiger partial charge on any atom is -0.346 e. The lowest BCUT2D eigenvalue weighted by molar-refractivity contribution is -0.137. The van der Waals surface area contributed by atoms with Gasteiger partial charge in [0.15, 0.2) is 5.78 Å². The van der Waals surface area contributed by atoms with Crippen LogP contribution in [-0.2, 0) is 24.0 Å². The number of nitrogens with one attached hydrogen (secondary N) is 3. The van der Waals surface area contributed by atoms with Gasteiger partial charge in [-0.2, -0.15) is 0 Å². The van der Waals surface area contributed by atoms with Crippen LogP contribution in [-0.4, -0.2) is 35.5 Å². The quantitative estimate of drug-likeness (QED) is 0.251. The van der Waals surface area contributed by atoms with Crippen molar-refractivity contribution in [2.24, 2.45) is 17.8 Å². The lowest BCUT2D eigenvalue weighted by atomic mass is 9.85. The molecule has 0 aliphatic carbocycles. The third-order valence-corrected chi connectivity index (χ3v) is 6.61. The van der Waals surface area contributed by atoms with Gasteiger partial charge >= 0.3 is 0 Å². The summed E-state index contributed by atoms with van der Waals surface area (Å²) in [7, 11) is 0. The summed E-state index contributed by atoms with van der Waals surface area (Å²) >= 11 is 6.14. The van der Waals surface area contributed by atoms with E-state index in [4.69, 9.17) is 11.6 Å². The lowest BCUT2D eigenvalue weighted by Crippen LogP contribution is -2.49. The maximum atomic E-state index is 13.2. The van der Waals surface area contributed by atoms with Crippen LogP contribution >= 0.6 is 11.6 Å². The smallest absolute Gasteiger partial charge is 0.244 e. The average molecular weight is 524 g/mol. The van der Waals surface area contributed by atoms with Crippen LogP contribution in [0.1, 0.15) is 44.4 Å². The molecule has 1 heterocycles. The van der Waals surface area contributed by atoms with E-state index < -0.39 is 53.3 Å². The van der Waals surface area contributed by atoms with Gasteiger partial charge in [-0.1, -0.05) is 80.9 Å². The molecule has 4 amide bonds. The SMILES string of the molecule is CC(C)[C@H](NC(=O)C[C@H](NC(=O)/C=C/c1ccccc1Cl)c1ccccc1)C(=O)[C@@H]1C(=O)NC(=O)[C@H]1C. The molecule has 0 radical (unpaired) electrons. The maximum absolute atomic E-state index is 13.2. The van der Waals surface area contributed by atoms with Gasteiger partial charge < -0.3 is 10.6 Å². The van der Waals surface area contributed by atoms with Gasteiger partial charge in [0.25, 0.3) is 0 Å². The predicted molar refractivity (Wildman–Crippen MR) is 140 cm³/mol. The van der Waals surface area contributed by atoms with Gasteiger partial charge in [0.1, 0.15) is 5.92 Å². The Labute approximate surface area is 220 Å². The molecule has 1 aliphatic heterocycles. The van der Waals surface area contributed by atoms with E-state index >= 15 is 0 Å². The van der Waals surface area contributed by atoms with Crippen LogP contribution in [0.3, 0.4) is 0 Å². The van der Waals surface area contributed by atoms with Gasteiger partial charge in [-0.3, -0.25) is 29.3 Å². The highest BCUT2D eigenvalue weighted by Crippen LogP contribution is 2.24. The van der Waals surface area contributed by atoms with Crippen LogP contribution in [0.4, 0.5) is 0 Å². The zero-order valence-electron chi connectivity index (χ0n) is 20.9. The van der Waals surface area contributed by atoms with Crippen molar-refractivity contribution in [3.8, 4) is 0 Å². The molecule has 2 aromatic carbocycles. The number of hydrogen-bond acceptors (Lipinski definition) is 5. The first kappa shape index (κ1) is 27.8. The highest BCUT2D eigenvalue weighted by atomic mass is 35.5. The Morgan fingerprint density at radius 1 is 0.973 bits per heavy atom. The number of hydrogen-bond donors (Lipinski definition) is 3. The highest BCUT2D eigenvalue weighted by molar-refractivity contribution is 6.32. The molecule has 2 aromatic rings. The third-order valence-electron chi connectivity index (χ3n) is 6.27. The molecule has 1 fully saturated rings. The summed E-state index contributed by atoms with van der Waals surface area (Å²) in [5.74, 6) is -4.85. The number of amides is 4. The molecule has 4 atom stereocenters. The Hall–Kier alpha value is -3.78. The van der Waals surface area contributed by atoms with Crippen LogP contribution in [0.5, 0.6) is 0 Å². The number of benzene rings is 2. The molecule has 3 N–H and O–H groups in total. The molecule has 3 rings (SSSR count). The number of halogens is 1. The summed E-state index contributed by atoms with van der Waals surface area (Å²) in [6.07, 6.45) is 2.78. The van der Waals surface area contributed by atoms with Crippen molar-refractivity contribution >= 4 is 47.1 Å². The minimum absolute atomic E-state index is 0.141. The van der Waals surface area contributed by atoms with Crippen LogP contribution in [0, 0.1) is 17.8 Å². The first-order valence-corrected chi connectivity index (χ1v) is 12.4. The normalized spacial score (nSPS) is 18.9. The van der Waals surface area contributed by atoms with E-state index in [0.29, 0.717) is 16.1 Å². The molecular formula is C28H30ClN3O5. The Kier molecular flexibility index (Phi) is 9.36. The molecule has 1 aliphatic rings. The van der Waals surface area contributed by atoms with Gasteiger partial charge in [-0.25, -0.2) is 0 Å². The van der Waals surface area contributed by atoms with E-state index in [1.165, 1.54) is 13.0 Å². The topological polar surface area (TPSA) is 121 Å². The van der Waals surface area contributed by atoms with Crippen molar-refractivity contribution in [3.05, 3.63) is 76.8 Å². The largest absolute Gasteiger partial charge is 0.346 e. The molecule has 0 saturated carbocycles. The van der Waals surface area contributed by atoms with Gasteiger partial charge in [0.2, 0.25) is 23.6 Å². The molecule has 0 spiro atoms. The standard InChI is InChI=1S/C28H30ClN3O5/c1-16(2)25(26(35)24-17(3)27(36)32-28(24)37)31-23(34)15-21(19-10-5-4-6-11-19)30-22(33)14-13-18-9-7-8-12-20(18)29/h4-14,16-17,21,24-25H,15H2,1-3H3,(H,30,33)(H,31,34)(H,32,36,37)/b14-13+/t17-,21-,24+,25-/m0/s1. The molecule has 0 unspecified atom stereocenters. The molecule has 194 valence electrons. The summed E-state index contributed by atoms with van der Waals surface area (Å²) in [5, 5.41) is 8.23. The fourth-order valence-corrected chi connectivity index (χ4v) is 4.38. The van der Waals surface area contributed by atoms with Crippen molar-refractivity contribution in [2.45, 2.75) is 39.3 Å². The molecule has 0 bridgehead atoms. The number of carbonyl (C=O) groups is 5. The first-order valence-electron chi connectivity index (χ1n) is 12.0. The second-order valence-corrected chi connectivity index (χ2v) is 9.75. The van der Waals surface area contributed by atoms with E-state index in [9.17, 15) is 24.0 Å². The van der Waals surface area contributed by atoms with Crippen molar-refractivity contribution in [2.75, 3.05) is 0 Å². The Bertz CT molecular complexity index is 1210. The predicted octanol–water partition coefficient (Wildman–Crippen LogP) is 3.22. The lowest BCUT2D eigenvalue weighted by Gasteiger charge is -2.25. The minimum atomic E-state index is -1.15. The molecule has 0 aromatic heterocycles. The van der Waals surface area contributed by atoms with Gasteiger partial charge in [0.05, 0.1) is 24.4 Å². The maximum Gasteiger partial charge on any atom is 0.244 e. The van der Waals surface area contributed by atoms with Gasteiger partial charge in [0, 0.05) is 11.1 Å². The first-order chi connectivity index (χ1) is 17.6. The number of carbonyl (C=O) groups excluding carboxylic acids is 5. The van der Waals surface area contributed by atoms with Crippen LogP contribution in [0.2, 0.25) is 5.02 Å². The van der Waals surface area contributed by atoms with Crippen molar-refractivity contribution in [1.29, 1.82) is 0 Å². The summed E-state index contributed by atoms with van der Waals surface area (Å²) in [5.41, 5.74) is 1.38. The second kappa shape index (κ2) is 12.5. The highest BCUT2D eigenvalue weighted by Gasteiger charge is 2.46. The zero-order valence-corrected chi connectivity index (χ0v) is 21.6. The van der Waals surface area contributed by atoms with E-state index in [1.807, 2.05) is 6.07 Å². The Morgan fingerprint density at radius 2 is 1.62 bits per heavy atom. The monoisotopic (exact) mass is 523 g/mol. The summed E-state index contributed by atoms with van der Waals surface area (Å²) in [6.45, 7) is 5.01. The Balaban J connectivity index is 1.73. The fourth-order valence-electron chi connectivity index (χ4n) is 4.18. The summed E-state index contributed by atoms with van der Waals surface area (Å²) in [6, 6.07) is 14.4. The van der Waals surface area contributed by atoms with Gasteiger partial charge in [-0.05, 0) is 29.2 Å². The molecule has 8 nitrogen and oxygen atoms in total. The second-order valence-electron chi connectivity index (χ2n) is 9.34. The fraction of sp³-hybridized carbons (Fsp3) is 0.321. The summed E-state index contributed by atoms with van der Waals surface area (Å²) < 4.78 is 0. The molecule has 1 saturated heterocycles. The van der Waals surface area contributed by atoms with Crippen LogP contribution < -0.4 is 16.0 Å². The average Bonchev–Trinajstić information content (AvgIpc) is 3.12. The van der Waals surface area contributed by atoms with Crippen molar-refractivity contribution in [1.82, 2.24) is 16.0 Å². The van der Waals surface area contributed by atoms with E-state index in [2.05, 4.69) is 16.0 Å². The van der Waals surface area contributed by atoms with Crippen molar-refractivity contribution < 1.29 is 24.0 Å². The number of rotatable bonds is 10. The van der Waals surface area contributed by atoms with Crippen molar-refractivity contribution in [3.63, 3.8) is 0 Å². The van der Waals surface area contributed by atoms with Crippen LogP contribution in [0.15, 0.2) is 60.7 Å². The zero-order chi connectivity index (χ0) is 27.1. The number of Topliss-reactive ketones (excluding diaryl/α,β-unsaturated/α-hetero) is 1. The van der Waals surface area contributed by atoms with Crippen LogP contribution in [0.25, 0.3) is 6.08 Å². The van der Waals surface area contributed by atoms with E-state index in [-0.39, 0.29) is 12.3 Å². The molecule has 37 heavy (non-hydrogen) atoms. The Morgan fingerprint density at radius 3 is 2.22 bits per heavy atom. The number of imide groups is 1. The molecule has 9 heteroatoms. The van der Waals surface area contributed by atoms with E-state index in [1.54, 1.807) is 68.5 Å². The number of ketones is 1. The summed E-state index contributed by atoms with van der Waals surface area (Å²) in [4.78, 5) is 63.0.